The van der Waals surface area contributed by atoms with Crippen LogP contribution in [0.2, 0.25) is 0 Å². The Hall–Kier alpha value is -1.89. The molecule has 0 amide bonds. The van der Waals surface area contributed by atoms with Gasteiger partial charge < -0.3 is 5.73 Å². The second kappa shape index (κ2) is 4.97. The Morgan fingerprint density at radius 2 is 2.50 bits per heavy atom. The Morgan fingerprint density at radius 3 is 3.00 bits per heavy atom. The summed E-state index contributed by atoms with van der Waals surface area (Å²) in [5.41, 5.74) is 6.32. The topological polar surface area (TPSA) is 67.1 Å². The number of nitrogens with zero attached hydrogens (tertiary/aromatic N) is 2. The molecule has 72 valence electrons. The molecule has 4 heteroatoms. The van der Waals surface area contributed by atoms with E-state index in [9.17, 15) is 0 Å². The molecule has 1 heterocycles. The van der Waals surface area contributed by atoms with Crippen LogP contribution in [-0.4, -0.2) is 16.9 Å². The summed E-state index contributed by atoms with van der Waals surface area (Å²) in [4.78, 5) is 7.66. The van der Waals surface area contributed by atoms with Crippen LogP contribution in [-0.2, 0) is 6.42 Å². The summed E-state index contributed by atoms with van der Waals surface area (Å²) in [7, 11) is 0. The number of rotatable bonds is 4. The highest BCUT2D eigenvalue weighted by molar-refractivity contribution is 5.77. The van der Waals surface area contributed by atoms with Gasteiger partial charge in [-0.2, -0.15) is 0 Å². The lowest BCUT2D eigenvalue weighted by atomic mass is 10.1. The molecule has 4 nitrogen and oxygen atoms in total. The summed E-state index contributed by atoms with van der Waals surface area (Å²) in [6.07, 6.45) is 4.54. The molecule has 0 bridgehead atoms. The molecule has 1 rings (SSSR count). The van der Waals surface area contributed by atoms with Gasteiger partial charge in [-0.05, 0) is 11.6 Å². The van der Waals surface area contributed by atoms with E-state index in [2.05, 4.69) is 9.83 Å². The molecule has 0 radical (unpaired) electrons. The van der Waals surface area contributed by atoms with Crippen molar-refractivity contribution >= 4 is 5.84 Å². The van der Waals surface area contributed by atoms with E-state index < -0.39 is 0 Å². The highest BCUT2D eigenvalue weighted by atomic mass is 14.8. The first-order chi connectivity index (χ1) is 6.72. The SMILES string of the molecule is C#[N+][C@H](CC(=N)N)Cc1cccnc1. The Labute approximate surface area is 83.1 Å². The molecule has 1 atom stereocenters. The Bertz CT molecular complexity index is 339. The van der Waals surface area contributed by atoms with E-state index in [0.717, 1.165) is 5.56 Å². The van der Waals surface area contributed by atoms with E-state index in [1.165, 1.54) is 0 Å². The minimum absolute atomic E-state index is 0.105. The highest BCUT2D eigenvalue weighted by Crippen LogP contribution is 2.07. The summed E-state index contributed by atoms with van der Waals surface area (Å²) in [5, 5.41) is 7.14. The van der Waals surface area contributed by atoms with Crippen LogP contribution in [0.4, 0.5) is 0 Å². The van der Waals surface area contributed by atoms with Crippen molar-refractivity contribution < 1.29 is 0 Å². The second-order valence-corrected chi connectivity index (χ2v) is 3.10. The van der Waals surface area contributed by atoms with E-state index in [0.29, 0.717) is 12.8 Å². The molecule has 3 N–H and O–H groups in total. The molecular weight excluding hydrogens is 176 g/mol. The van der Waals surface area contributed by atoms with Gasteiger partial charge >= 0.3 is 0 Å². The number of amidine groups is 1. The minimum atomic E-state index is -0.128. The van der Waals surface area contributed by atoms with E-state index in [1.54, 1.807) is 12.4 Å². The fraction of sp³-hybridized carbons (Fsp3) is 0.300. The van der Waals surface area contributed by atoms with Gasteiger partial charge in [0.1, 0.15) is 0 Å². The van der Waals surface area contributed by atoms with Crippen molar-refractivity contribution in [1.29, 1.82) is 5.41 Å². The maximum Gasteiger partial charge on any atom is 0.283 e. The lowest BCUT2D eigenvalue weighted by Gasteiger charge is -2.00. The molecule has 0 fully saturated rings. The van der Waals surface area contributed by atoms with Crippen LogP contribution < -0.4 is 5.73 Å². The predicted molar refractivity (Wildman–Crippen MR) is 56.6 cm³/mol. The number of hydrogen-bond acceptors (Lipinski definition) is 2. The number of nitrogens with one attached hydrogen (secondary N) is 1. The molecule has 14 heavy (non-hydrogen) atoms. The zero-order chi connectivity index (χ0) is 10.4. The van der Waals surface area contributed by atoms with Crippen LogP contribution in [0.25, 0.3) is 4.85 Å². The third-order valence-corrected chi connectivity index (χ3v) is 1.86. The Balaban J connectivity index is 2.58. The Morgan fingerprint density at radius 1 is 1.71 bits per heavy atom. The van der Waals surface area contributed by atoms with Gasteiger partial charge in [0, 0.05) is 12.4 Å². The van der Waals surface area contributed by atoms with Gasteiger partial charge in [-0.3, -0.25) is 10.4 Å². The average Bonchev–Trinajstić information content (AvgIpc) is 2.17. The van der Waals surface area contributed by atoms with Gasteiger partial charge in [-0.1, -0.05) is 10.9 Å². The molecule has 0 spiro atoms. The number of nitrogens with two attached hydrogens (primary N) is 1. The average molecular weight is 189 g/mol. The molecule has 0 aliphatic heterocycles. The first-order valence-electron chi connectivity index (χ1n) is 4.34. The summed E-state index contributed by atoms with van der Waals surface area (Å²) >= 11 is 0. The predicted octanol–water partition coefficient (Wildman–Crippen LogP) is 1.28. The third kappa shape index (κ3) is 3.23. The lowest BCUT2D eigenvalue weighted by Crippen LogP contribution is -2.18. The summed E-state index contributed by atoms with van der Waals surface area (Å²) in [5.74, 6) is 0.105. The molecule has 0 unspecified atom stereocenters. The molecular formula is C10H13N4+. The molecule has 0 saturated carbocycles. The zero-order valence-electron chi connectivity index (χ0n) is 7.85. The summed E-state index contributed by atoms with van der Waals surface area (Å²) < 4.78 is 0. The van der Waals surface area contributed by atoms with Gasteiger partial charge in [0.05, 0.1) is 18.7 Å². The van der Waals surface area contributed by atoms with E-state index in [1.807, 2.05) is 12.1 Å². The van der Waals surface area contributed by atoms with Crippen LogP contribution >= 0.6 is 0 Å². The maximum absolute atomic E-state index is 7.14. The van der Waals surface area contributed by atoms with Crippen molar-refractivity contribution in [3.8, 4) is 6.57 Å². The number of aromatic nitrogens is 1. The third-order valence-electron chi connectivity index (χ3n) is 1.86. The quantitative estimate of drug-likeness (QED) is 0.553. The minimum Gasteiger partial charge on any atom is -0.387 e. The smallest absolute Gasteiger partial charge is 0.283 e. The molecule has 0 aliphatic carbocycles. The van der Waals surface area contributed by atoms with Crippen molar-refractivity contribution in [1.82, 2.24) is 4.98 Å². The molecule has 1 aromatic heterocycles. The normalized spacial score (nSPS) is 11.6. The fourth-order valence-corrected chi connectivity index (χ4v) is 1.22. The molecule has 1 aromatic rings. The van der Waals surface area contributed by atoms with Gasteiger partial charge in [-0.25, -0.2) is 0 Å². The van der Waals surface area contributed by atoms with Gasteiger partial charge in [-0.15, -0.1) is 0 Å². The van der Waals surface area contributed by atoms with Crippen LogP contribution in [0.5, 0.6) is 0 Å². The van der Waals surface area contributed by atoms with E-state index >= 15 is 0 Å². The largest absolute Gasteiger partial charge is 0.387 e. The fourth-order valence-electron chi connectivity index (χ4n) is 1.22. The van der Waals surface area contributed by atoms with Crippen LogP contribution in [0.15, 0.2) is 24.5 Å². The highest BCUT2D eigenvalue weighted by Gasteiger charge is 2.18. The molecule has 0 saturated heterocycles. The van der Waals surface area contributed by atoms with Gasteiger partial charge in [0.2, 0.25) is 0 Å². The van der Waals surface area contributed by atoms with Crippen LogP contribution in [0.3, 0.4) is 0 Å². The summed E-state index contributed by atoms with van der Waals surface area (Å²) in [6.45, 7) is 5.22. The van der Waals surface area contributed by atoms with Crippen LogP contribution in [0, 0.1) is 12.0 Å². The first-order valence-corrected chi connectivity index (χ1v) is 4.34. The summed E-state index contributed by atoms with van der Waals surface area (Å²) in [6, 6.07) is 3.68. The monoisotopic (exact) mass is 189 g/mol. The first kappa shape index (κ1) is 10.2. The van der Waals surface area contributed by atoms with Crippen LogP contribution in [0.1, 0.15) is 12.0 Å². The van der Waals surface area contributed by atoms with Crippen molar-refractivity contribution in [2.24, 2.45) is 5.73 Å². The lowest BCUT2D eigenvalue weighted by molar-refractivity contribution is 0.786. The molecule has 0 aliphatic rings. The number of pyridine rings is 1. The van der Waals surface area contributed by atoms with Gasteiger partial charge in [0.25, 0.3) is 12.6 Å². The Kier molecular flexibility index (Phi) is 3.62. The zero-order valence-corrected chi connectivity index (χ0v) is 7.85. The van der Waals surface area contributed by atoms with E-state index in [-0.39, 0.29) is 11.9 Å². The maximum atomic E-state index is 7.14. The second-order valence-electron chi connectivity index (χ2n) is 3.10. The van der Waals surface area contributed by atoms with Crippen molar-refractivity contribution in [2.75, 3.05) is 0 Å². The van der Waals surface area contributed by atoms with Crippen molar-refractivity contribution in [3.05, 3.63) is 34.9 Å². The molecule has 0 aromatic carbocycles. The van der Waals surface area contributed by atoms with E-state index in [4.69, 9.17) is 17.7 Å². The van der Waals surface area contributed by atoms with Gasteiger partial charge in [0.15, 0.2) is 0 Å². The van der Waals surface area contributed by atoms with Crippen molar-refractivity contribution in [3.63, 3.8) is 0 Å². The van der Waals surface area contributed by atoms with Crippen molar-refractivity contribution in [2.45, 2.75) is 18.9 Å². The number of hydrogen-bond donors (Lipinski definition) is 2. The standard InChI is InChI=1S/C10H13N4/c1-13-9(6-10(11)12)5-8-3-2-4-14-7-8/h1-4,7,9H,5-6H2,(H3,11,12)/q+1/t9-/m0/s1.